The Morgan fingerprint density at radius 1 is 1.24 bits per heavy atom. The summed E-state index contributed by atoms with van der Waals surface area (Å²) < 4.78 is 0. The minimum atomic E-state index is -0.666. The summed E-state index contributed by atoms with van der Waals surface area (Å²) >= 11 is 0. The summed E-state index contributed by atoms with van der Waals surface area (Å²) in [5, 5.41) is 0. The molecule has 3 nitrogen and oxygen atoms in total. The van der Waals surface area contributed by atoms with Crippen molar-refractivity contribution in [3.63, 3.8) is 0 Å². The van der Waals surface area contributed by atoms with E-state index in [1.807, 2.05) is 19.2 Å². The van der Waals surface area contributed by atoms with Crippen LogP contribution in [0.5, 0.6) is 0 Å². The van der Waals surface area contributed by atoms with Gasteiger partial charge in [0.25, 0.3) is 0 Å². The van der Waals surface area contributed by atoms with Crippen LogP contribution in [0.15, 0.2) is 24.3 Å². The quantitative estimate of drug-likeness (QED) is 0.921. The number of hydrogen-bond donors (Lipinski definition) is 1. The molecule has 0 unspecified atom stereocenters. The molecule has 0 saturated heterocycles. The van der Waals surface area contributed by atoms with Crippen LogP contribution >= 0.6 is 12.4 Å². The van der Waals surface area contributed by atoms with Gasteiger partial charge in [-0.15, -0.1) is 12.4 Å². The lowest BCUT2D eigenvalue weighted by atomic mass is 9.81. The van der Waals surface area contributed by atoms with Crippen molar-refractivity contribution in [2.45, 2.75) is 57.4 Å². The molecule has 0 bridgehead atoms. The van der Waals surface area contributed by atoms with E-state index in [1.54, 1.807) is 4.90 Å². The fraction of sp³-hybridized carbons (Fsp3) is 0.588. The first-order valence-corrected chi connectivity index (χ1v) is 7.61. The normalized spacial score (nSPS) is 17.2. The second-order valence-corrected chi connectivity index (χ2v) is 6.33. The van der Waals surface area contributed by atoms with Crippen LogP contribution in [-0.4, -0.2) is 18.5 Å². The summed E-state index contributed by atoms with van der Waals surface area (Å²) in [5.74, 6) is 0.512. The minimum Gasteiger partial charge on any atom is -0.317 e. The molecule has 1 aliphatic carbocycles. The summed E-state index contributed by atoms with van der Waals surface area (Å²) in [6, 6.07) is 8.19. The highest BCUT2D eigenvalue weighted by Gasteiger charge is 2.37. The summed E-state index contributed by atoms with van der Waals surface area (Å²) in [6.07, 6.45) is 4.92. The number of carbonyl (C=O) groups excluding carboxylic acids is 1. The molecule has 0 spiro atoms. The van der Waals surface area contributed by atoms with Gasteiger partial charge in [-0.1, -0.05) is 45.2 Å². The number of rotatable bonds is 3. The maximum absolute atomic E-state index is 12.7. The number of nitrogens with two attached hydrogens (primary N) is 1. The predicted molar refractivity (Wildman–Crippen MR) is 91.2 cm³/mol. The van der Waals surface area contributed by atoms with E-state index in [2.05, 4.69) is 26.0 Å². The molecule has 21 heavy (non-hydrogen) atoms. The molecule has 1 fully saturated rings. The number of hydrogen-bond acceptors (Lipinski definition) is 2. The molecule has 0 radical (unpaired) electrons. The molecule has 0 aliphatic heterocycles. The van der Waals surface area contributed by atoms with Gasteiger partial charge in [0.2, 0.25) is 5.91 Å². The van der Waals surface area contributed by atoms with Gasteiger partial charge in [0, 0.05) is 12.7 Å². The average Bonchev–Trinajstić information content (AvgIpc) is 2.46. The number of anilines is 1. The van der Waals surface area contributed by atoms with Gasteiger partial charge in [-0.3, -0.25) is 4.79 Å². The van der Waals surface area contributed by atoms with Crippen LogP contribution in [0.25, 0.3) is 0 Å². The highest BCUT2D eigenvalue weighted by atomic mass is 35.5. The Morgan fingerprint density at radius 3 is 2.43 bits per heavy atom. The molecule has 1 aromatic rings. The van der Waals surface area contributed by atoms with E-state index in [9.17, 15) is 4.79 Å². The van der Waals surface area contributed by atoms with Gasteiger partial charge in [-0.25, -0.2) is 0 Å². The summed E-state index contributed by atoms with van der Waals surface area (Å²) in [5.41, 5.74) is 7.87. The number of carbonyl (C=O) groups is 1. The molecule has 1 saturated carbocycles. The van der Waals surface area contributed by atoms with Crippen molar-refractivity contribution in [1.82, 2.24) is 0 Å². The second-order valence-electron chi connectivity index (χ2n) is 6.33. The van der Waals surface area contributed by atoms with Crippen molar-refractivity contribution in [1.29, 1.82) is 0 Å². The van der Waals surface area contributed by atoms with Gasteiger partial charge >= 0.3 is 0 Å². The average molecular weight is 311 g/mol. The van der Waals surface area contributed by atoms with Crippen LogP contribution in [0.3, 0.4) is 0 Å². The molecule has 0 heterocycles. The zero-order valence-electron chi connectivity index (χ0n) is 13.3. The first kappa shape index (κ1) is 18.0. The maximum Gasteiger partial charge on any atom is 0.246 e. The highest BCUT2D eigenvalue weighted by molar-refractivity contribution is 5.99. The van der Waals surface area contributed by atoms with E-state index in [0.717, 1.165) is 31.4 Å². The minimum absolute atomic E-state index is 0. The van der Waals surface area contributed by atoms with Crippen LogP contribution in [0.2, 0.25) is 0 Å². The summed E-state index contributed by atoms with van der Waals surface area (Å²) in [6.45, 7) is 4.32. The van der Waals surface area contributed by atoms with Crippen LogP contribution in [0.4, 0.5) is 5.69 Å². The third-order valence-electron chi connectivity index (χ3n) is 4.40. The monoisotopic (exact) mass is 310 g/mol. The van der Waals surface area contributed by atoms with Gasteiger partial charge in [0.05, 0.1) is 5.54 Å². The van der Waals surface area contributed by atoms with E-state index < -0.39 is 5.54 Å². The van der Waals surface area contributed by atoms with Crippen LogP contribution in [0.1, 0.15) is 57.4 Å². The largest absolute Gasteiger partial charge is 0.317 e. The van der Waals surface area contributed by atoms with Gasteiger partial charge in [0.15, 0.2) is 0 Å². The molecule has 0 atom stereocenters. The third kappa shape index (κ3) is 3.98. The van der Waals surface area contributed by atoms with Crippen LogP contribution in [-0.2, 0) is 4.79 Å². The van der Waals surface area contributed by atoms with E-state index >= 15 is 0 Å². The van der Waals surface area contributed by atoms with Gasteiger partial charge < -0.3 is 10.6 Å². The highest BCUT2D eigenvalue weighted by Crippen LogP contribution is 2.29. The van der Waals surface area contributed by atoms with Crippen molar-refractivity contribution in [3.8, 4) is 0 Å². The standard InChI is InChI=1S/C17H26N2O.ClH/c1-13(2)14-8-7-9-15(12-14)19(3)16(20)17(18)10-5-4-6-11-17;/h7-9,12-13H,4-6,10-11,18H2,1-3H3;1H. The fourth-order valence-corrected chi connectivity index (χ4v) is 2.94. The zero-order chi connectivity index (χ0) is 14.8. The SMILES string of the molecule is CC(C)c1cccc(N(C)C(=O)C2(N)CCCCC2)c1.Cl. The summed E-state index contributed by atoms with van der Waals surface area (Å²) in [4.78, 5) is 14.4. The zero-order valence-corrected chi connectivity index (χ0v) is 14.1. The number of likely N-dealkylation sites (N-methyl/N-ethyl adjacent to an activating group) is 1. The molecule has 1 amide bonds. The molecule has 2 rings (SSSR count). The number of amides is 1. The third-order valence-corrected chi connectivity index (χ3v) is 4.40. The van der Waals surface area contributed by atoms with E-state index in [1.165, 1.54) is 12.0 Å². The number of nitrogens with zero attached hydrogens (tertiary/aromatic N) is 1. The summed E-state index contributed by atoms with van der Waals surface area (Å²) in [7, 11) is 1.84. The van der Waals surface area contributed by atoms with Crippen molar-refractivity contribution >= 4 is 24.0 Å². The molecular formula is C17H27ClN2O. The smallest absolute Gasteiger partial charge is 0.246 e. The first-order chi connectivity index (χ1) is 9.44. The van der Waals surface area contributed by atoms with Crippen molar-refractivity contribution in [3.05, 3.63) is 29.8 Å². The lowest BCUT2D eigenvalue weighted by Gasteiger charge is -2.35. The molecule has 0 aromatic heterocycles. The van der Waals surface area contributed by atoms with Crippen molar-refractivity contribution in [2.24, 2.45) is 5.73 Å². The predicted octanol–water partition coefficient (Wildman–Crippen LogP) is 3.86. The number of benzene rings is 1. The number of halogens is 1. The van der Waals surface area contributed by atoms with Gasteiger partial charge in [0.1, 0.15) is 0 Å². The van der Waals surface area contributed by atoms with Crippen molar-refractivity contribution < 1.29 is 4.79 Å². The molecule has 2 N–H and O–H groups in total. The molecule has 118 valence electrons. The van der Waals surface area contributed by atoms with Crippen LogP contribution in [0, 0.1) is 0 Å². The molecule has 1 aromatic carbocycles. The Hall–Kier alpha value is -1.06. The second kappa shape index (κ2) is 7.28. The van der Waals surface area contributed by atoms with E-state index in [4.69, 9.17) is 5.73 Å². The van der Waals surface area contributed by atoms with Gasteiger partial charge in [-0.2, -0.15) is 0 Å². The van der Waals surface area contributed by atoms with Crippen molar-refractivity contribution in [2.75, 3.05) is 11.9 Å². The fourth-order valence-electron chi connectivity index (χ4n) is 2.94. The Kier molecular flexibility index (Phi) is 6.24. The van der Waals surface area contributed by atoms with Crippen LogP contribution < -0.4 is 10.6 Å². The Bertz CT molecular complexity index is 481. The topological polar surface area (TPSA) is 46.3 Å². The lowest BCUT2D eigenvalue weighted by Crippen LogP contribution is -2.55. The molecule has 4 heteroatoms. The lowest BCUT2D eigenvalue weighted by molar-refractivity contribution is -0.124. The Labute approximate surface area is 134 Å². The van der Waals surface area contributed by atoms with E-state index in [0.29, 0.717) is 5.92 Å². The first-order valence-electron chi connectivity index (χ1n) is 7.61. The van der Waals surface area contributed by atoms with E-state index in [-0.39, 0.29) is 18.3 Å². The van der Waals surface area contributed by atoms with Gasteiger partial charge in [-0.05, 0) is 36.5 Å². The molecular weight excluding hydrogens is 284 g/mol. The Morgan fingerprint density at radius 2 is 1.86 bits per heavy atom. The maximum atomic E-state index is 12.7. The Balaban J connectivity index is 0.00000220. The molecule has 1 aliphatic rings.